The van der Waals surface area contributed by atoms with Crippen LogP contribution in [-0.4, -0.2) is 14.8 Å². The van der Waals surface area contributed by atoms with E-state index < -0.39 is 0 Å². The summed E-state index contributed by atoms with van der Waals surface area (Å²) in [4.78, 5) is 27.4. The van der Waals surface area contributed by atoms with Crippen molar-refractivity contribution < 1.29 is 0 Å². The minimum absolute atomic E-state index is 0.234. The highest BCUT2D eigenvalue weighted by Crippen LogP contribution is 2.33. The van der Waals surface area contributed by atoms with Crippen molar-refractivity contribution in [3.8, 4) is 0 Å². The minimum Gasteiger partial charge on any atom is -0.288 e. The van der Waals surface area contributed by atoms with Crippen LogP contribution < -0.4 is 11.2 Å². The summed E-state index contributed by atoms with van der Waals surface area (Å²) in [5.74, 6) is 0.610. The molecule has 1 heterocycles. The molecular weight excluding hydrogens is 344 g/mol. The van der Waals surface area contributed by atoms with Crippen LogP contribution in [0.2, 0.25) is 0 Å². The zero-order valence-electron chi connectivity index (χ0n) is 15.9. The van der Waals surface area contributed by atoms with E-state index in [1.54, 1.807) is 16.3 Å². The van der Waals surface area contributed by atoms with Crippen LogP contribution in [0.1, 0.15) is 52.0 Å². The van der Waals surface area contributed by atoms with Crippen molar-refractivity contribution in [2.24, 2.45) is 5.92 Å². The van der Waals surface area contributed by atoms with Gasteiger partial charge < -0.3 is 0 Å². The number of H-pyrrole nitrogens is 1. The Labute approximate surface area is 159 Å². The molecule has 0 saturated carbocycles. The highest BCUT2D eigenvalue weighted by molar-refractivity contribution is 8.00. The van der Waals surface area contributed by atoms with Crippen molar-refractivity contribution in [2.75, 3.05) is 0 Å². The summed E-state index contributed by atoms with van der Waals surface area (Å²) in [5, 5.41) is 1.13. The van der Waals surface area contributed by atoms with Crippen LogP contribution in [0.3, 0.4) is 0 Å². The lowest BCUT2D eigenvalue weighted by molar-refractivity contribution is 0.442. The van der Waals surface area contributed by atoms with Crippen LogP contribution >= 0.6 is 11.8 Å². The van der Waals surface area contributed by atoms with Crippen LogP contribution in [0.25, 0.3) is 0 Å². The van der Waals surface area contributed by atoms with Gasteiger partial charge in [-0.2, -0.15) is 0 Å². The van der Waals surface area contributed by atoms with Crippen LogP contribution in [0.15, 0.2) is 50.1 Å². The lowest BCUT2D eigenvalue weighted by atomic mass is 10.0. The van der Waals surface area contributed by atoms with Gasteiger partial charge in [0.15, 0.2) is 0 Å². The first-order valence-electron chi connectivity index (χ1n) is 9.51. The lowest BCUT2D eigenvalue weighted by Gasteiger charge is -2.22. The van der Waals surface area contributed by atoms with Gasteiger partial charge >= 0.3 is 5.69 Å². The van der Waals surface area contributed by atoms with Crippen LogP contribution in [0.4, 0.5) is 0 Å². The zero-order chi connectivity index (χ0) is 18.7. The molecule has 0 amide bonds. The number of aromatic amines is 1. The number of nitrogens with zero attached hydrogens (tertiary/aromatic N) is 1. The summed E-state index contributed by atoms with van der Waals surface area (Å²) in [6, 6.07) is 0. The molecule has 1 aromatic rings. The predicted molar refractivity (Wildman–Crippen MR) is 109 cm³/mol. The Bertz CT molecular complexity index is 865. The Morgan fingerprint density at radius 3 is 2.62 bits per heavy atom. The summed E-state index contributed by atoms with van der Waals surface area (Å²) < 4.78 is 1.81. The maximum absolute atomic E-state index is 12.6. The third kappa shape index (κ3) is 4.32. The minimum atomic E-state index is -0.274. The molecule has 2 aliphatic rings. The highest BCUT2D eigenvalue weighted by Gasteiger charge is 2.21. The Balaban J connectivity index is 1.91. The van der Waals surface area contributed by atoms with Crippen molar-refractivity contribution in [3.63, 3.8) is 0 Å². The van der Waals surface area contributed by atoms with E-state index in [9.17, 15) is 9.59 Å². The molecule has 1 unspecified atom stereocenters. The molecule has 0 aliphatic heterocycles. The molecule has 4 nitrogen and oxygen atoms in total. The van der Waals surface area contributed by atoms with E-state index >= 15 is 0 Å². The normalized spacial score (nSPS) is 20.3. The molecule has 140 valence electrons. The average molecular weight is 373 g/mol. The maximum atomic E-state index is 12.6. The van der Waals surface area contributed by atoms with Gasteiger partial charge in [0.1, 0.15) is 0 Å². The van der Waals surface area contributed by atoms with Crippen molar-refractivity contribution in [2.45, 2.75) is 69.7 Å². The van der Waals surface area contributed by atoms with Gasteiger partial charge in [0.05, 0.1) is 5.03 Å². The van der Waals surface area contributed by atoms with Gasteiger partial charge in [-0.15, -0.1) is 0 Å². The van der Waals surface area contributed by atoms with Gasteiger partial charge in [-0.3, -0.25) is 14.3 Å². The molecule has 0 fully saturated rings. The Kier molecular flexibility index (Phi) is 6.07. The molecule has 2 aliphatic carbocycles. The van der Waals surface area contributed by atoms with E-state index in [2.05, 4.69) is 43.1 Å². The number of rotatable bonds is 6. The number of hydrogen-bond acceptors (Lipinski definition) is 3. The molecule has 0 spiro atoms. The molecule has 0 bridgehead atoms. The summed E-state index contributed by atoms with van der Waals surface area (Å²) in [5.41, 5.74) is 2.82. The molecule has 3 rings (SSSR count). The van der Waals surface area contributed by atoms with Gasteiger partial charge in [-0.05, 0) is 51.9 Å². The number of thioether (sulfide) groups is 1. The van der Waals surface area contributed by atoms with Crippen LogP contribution in [0, 0.1) is 5.92 Å². The SMILES string of the molecule is CCc1c(SC2C=C(C)C=C(C)C2)n(CCC2CC=CC2)c(=O)[nH]c1=O. The third-order valence-electron chi connectivity index (χ3n) is 5.17. The Morgan fingerprint density at radius 1 is 1.23 bits per heavy atom. The second-order valence-corrected chi connectivity index (χ2v) is 8.64. The largest absolute Gasteiger partial charge is 0.329 e. The summed E-state index contributed by atoms with van der Waals surface area (Å²) in [6.07, 6.45) is 13.6. The molecule has 1 aromatic heterocycles. The summed E-state index contributed by atoms with van der Waals surface area (Å²) in [7, 11) is 0. The van der Waals surface area contributed by atoms with Crippen molar-refractivity contribution in [3.05, 3.63) is 61.9 Å². The summed E-state index contributed by atoms with van der Waals surface area (Å²) >= 11 is 1.67. The fourth-order valence-electron chi connectivity index (χ4n) is 3.85. The first-order valence-corrected chi connectivity index (χ1v) is 10.4. The van der Waals surface area contributed by atoms with Gasteiger partial charge in [0.25, 0.3) is 5.56 Å². The smallest absolute Gasteiger partial charge is 0.288 e. The summed E-state index contributed by atoms with van der Waals surface area (Å²) in [6.45, 7) is 6.90. The quantitative estimate of drug-likeness (QED) is 0.601. The zero-order valence-corrected chi connectivity index (χ0v) is 16.7. The number of aromatic nitrogens is 2. The topological polar surface area (TPSA) is 54.9 Å². The van der Waals surface area contributed by atoms with E-state index in [0.29, 0.717) is 18.9 Å². The fraction of sp³-hybridized carbons (Fsp3) is 0.524. The number of nitrogens with one attached hydrogen (secondary N) is 1. The molecule has 0 aromatic carbocycles. The average Bonchev–Trinajstić information content (AvgIpc) is 3.07. The maximum Gasteiger partial charge on any atom is 0.329 e. The first-order chi connectivity index (χ1) is 12.5. The Morgan fingerprint density at radius 2 is 1.96 bits per heavy atom. The number of allylic oxidation sites excluding steroid dienone is 5. The molecule has 1 atom stereocenters. The number of hydrogen-bond donors (Lipinski definition) is 1. The van der Waals surface area contributed by atoms with E-state index in [-0.39, 0.29) is 16.5 Å². The second kappa shape index (κ2) is 8.30. The highest BCUT2D eigenvalue weighted by atomic mass is 32.2. The standard InChI is InChI=1S/C21H28N2O2S/c1-4-18-19(24)22-21(25)23(10-9-16-7-5-6-8-16)20(18)26-17-12-14(2)11-15(3)13-17/h5-6,11-12,16-17H,4,7-10,13H2,1-3H3,(H,22,24,25). The molecule has 5 heteroatoms. The third-order valence-corrected chi connectivity index (χ3v) is 6.47. The van der Waals surface area contributed by atoms with Crippen LogP contribution in [0.5, 0.6) is 0 Å². The van der Waals surface area contributed by atoms with Crippen molar-refractivity contribution >= 4 is 11.8 Å². The first kappa shape index (κ1) is 19.0. The monoisotopic (exact) mass is 372 g/mol. The van der Waals surface area contributed by atoms with Gasteiger partial charge in [0.2, 0.25) is 0 Å². The fourth-order valence-corrected chi connectivity index (χ4v) is 5.44. The molecule has 0 saturated heterocycles. The molecular formula is C21H28N2O2S. The predicted octanol–water partition coefficient (Wildman–Crippen LogP) is 4.21. The van der Waals surface area contributed by atoms with Crippen molar-refractivity contribution in [1.29, 1.82) is 0 Å². The van der Waals surface area contributed by atoms with Crippen LogP contribution in [-0.2, 0) is 13.0 Å². The van der Waals surface area contributed by atoms with E-state index in [1.807, 2.05) is 6.92 Å². The van der Waals surface area contributed by atoms with Gasteiger partial charge in [-0.25, -0.2) is 4.79 Å². The second-order valence-electron chi connectivity index (χ2n) is 7.41. The molecule has 26 heavy (non-hydrogen) atoms. The van der Waals surface area contributed by atoms with Crippen molar-refractivity contribution in [1.82, 2.24) is 9.55 Å². The van der Waals surface area contributed by atoms with E-state index in [1.165, 1.54) is 11.1 Å². The Hall–Kier alpha value is -1.75. The van der Waals surface area contributed by atoms with Gasteiger partial charge in [-0.1, -0.05) is 54.1 Å². The van der Waals surface area contributed by atoms with Gasteiger partial charge in [0, 0.05) is 17.4 Å². The lowest BCUT2D eigenvalue weighted by Crippen LogP contribution is -2.34. The van der Waals surface area contributed by atoms with E-state index in [0.717, 1.165) is 36.3 Å². The van der Waals surface area contributed by atoms with E-state index in [4.69, 9.17) is 0 Å². The molecule has 0 radical (unpaired) electrons. The molecule has 1 N–H and O–H groups in total.